The Bertz CT molecular complexity index is 661. The van der Waals surface area contributed by atoms with Crippen molar-refractivity contribution in [3.63, 3.8) is 0 Å². The van der Waals surface area contributed by atoms with E-state index >= 15 is 0 Å². The molecule has 0 radical (unpaired) electrons. The van der Waals surface area contributed by atoms with Crippen LogP contribution in [0.5, 0.6) is 11.5 Å². The summed E-state index contributed by atoms with van der Waals surface area (Å²) in [6.07, 6.45) is 0. The molecular weight excluding hydrogens is 339 g/mol. The number of benzene rings is 3. The lowest BCUT2D eigenvalue weighted by molar-refractivity contribution is 0.439. The van der Waals surface area contributed by atoms with Crippen molar-refractivity contribution in [2.45, 2.75) is 0 Å². The molecule has 0 N–H and O–H groups in total. The van der Waals surface area contributed by atoms with Crippen molar-refractivity contribution in [2.24, 2.45) is 0 Å². The highest BCUT2D eigenvalue weighted by Crippen LogP contribution is 2.15. The van der Waals surface area contributed by atoms with Crippen LogP contribution in [0.1, 0.15) is 0 Å². The quantitative estimate of drug-likeness (QED) is 0.637. The van der Waals surface area contributed by atoms with Crippen molar-refractivity contribution >= 4 is 28.5 Å². The second kappa shape index (κ2) is 7.18. The van der Waals surface area contributed by atoms with E-state index in [9.17, 15) is 0 Å². The lowest BCUT2D eigenvalue weighted by Crippen LogP contribution is -2.42. The summed E-state index contributed by atoms with van der Waals surface area (Å²) >= 11 is 3.45. The summed E-state index contributed by atoms with van der Waals surface area (Å²) in [6.45, 7) is 0. The maximum absolute atomic E-state index is 6.01. The van der Waals surface area contributed by atoms with Gasteiger partial charge >= 0.3 is 7.12 Å². The first-order chi connectivity index (χ1) is 10.8. The number of rotatable bonds is 5. The van der Waals surface area contributed by atoms with E-state index in [1.807, 2.05) is 84.9 Å². The molecule has 0 bridgehead atoms. The maximum atomic E-state index is 6.01. The van der Waals surface area contributed by atoms with E-state index in [1.54, 1.807) is 0 Å². The molecule has 0 amide bonds. The van der Waals surface area contributed by atoms with Crippen LogP contribution in [0.4, 0.5) is 0 Å². The van der Waals surface area contributed by atoms with Gasteiger partial charge in [-0.15, -0.1) is 0 Å². The fourth-order valence-corrected chi connectivity index (χ4v) is 2.29. The summed E-state index contributed by atoms with van der Waals surface area (Å²) in [4.78, 5) is 0. The van der Waals surface area contributed by atoms with Gasteiger partial charge in [-0.2, -0.15) is 0 Å². The SMILES string of the molecule is Brc1ccc(B(Oc2ccccc2)Oc2ccccc2)cc1. The highest BCUT2D eigenvalue weighted by atomic mass is 79.9. The maximum Gasteiger partial charge on any atom is 0.632 e. The Labute approximate surface area is 139 Å². The molecule has 3 rings (SSSR count). The minimum Gasteiger partial charge on any atom is -0.522 e. The van der Waals surface area contributed by atoms with Gasteiger partial charge in [-0.3, -0.25) is 0 Å². The molecule has 108 valence electrons. The number of hydrogen-bond acceptors (Lipinski definition) is 2. The molecule has 2 nitrogen and oxygen atoms in total. The first-order valence-electron chi connectivity index (χ1n) is 7.00. The van der Waals surface area contributed by atoms with Crippen LogP contribution in [0.15, 0.2) is 89.4 Å². The molecule has 0 spiro atoms. The Balaban J connectivity index is 1.86. The molecule has 0 unspecified atom stereocenters. The average Bonchev–Trinajstić information content (AvgIpc) is 2.57. The molecule has 0 aliphatic carbocycles. The Hall–Kier alpha value is -2.20. The lowest BCUT2D eigenvalue weighted by Gasteiger charge is -2.17. The molecule has 3 aromatic rings. The van der Waals surface area contributed by atoms with Crippen LogP contribution in [0.25, 0.3) is 0 Å². The predicted octanol–water partition coefficient (Wildman–Crippen LogP) is 4.30. The van der Waals surface area contributed by atoms with E-state index in [2.05, 4.69) is 15.9 Å². The highest BCUT2D eigenvalue weighted by Gasteiger charge is 2.26. The zero-order valence-electron chi connectivity index (χ0n) is 11.9. The summed E-state index contributed by atoms with van der Waals surface area (Å²) in [7, 11) is -0.502. The third kappa shape index (κ3) is 3.92. The van der Waals surface area contributed by atoms with Crippen molar-refractivity contribution in [2.75, 3.05) is 0 Å². The third-order valence-corrected chi connectivity index (χ3v) is 3.64. The van der Waals surface area contributed by atoms with E-state index in [1.165, 1.54) is 0 Å². The second-order valence-electron chi connectivity index (χ2n) is 4.75. The van der Waals surface area contributed by atoms with Gasteiger partial charge in [-0.1, -0.05) is 64.5 Å². The molecule has 0 atom stereocenters. The van der Waals surface area contributed by atoms with Gasteiger partial charge in [0.25, 0.3) is 0 Å². The van der Waals surface area contributed by atoms with Gasteiger partial charge in [0.15, 0.2) is 0 Å². The van der Waals surface area contributed by atoms with Crippen LogP contribution >= 0.6 is 15.9 Å². The van der Waals surface area contributed by atoms with Gasteiger partial charge in [0.05, 0.1) is 0 Å². The van der Waals surface area contributed by atoms with E-state index in [4.69, 9.17) is 9.31 Å². The minimum atomic E-state index is -0.502. The van der Waals surface area contributed by atoms with Crippen molar-refractivity contribution in [3.05, 3.63) is 89.4 Å². The molecule has 0 aliphatic heterocycles. The summed E-state index contributed by atoms with van der Waals surface area (Å²) < 4.78 is 13.0. The van der Waals surface area contributed by atoms with Gasteiger partial charge < -0.3 is 9.31 Å². The normalized spacial score (nSPS) is 10.0. The lowest BCUT2D eigenvalue weighted by atomic mass is 9.78. The first-order valence-corrected chi connectivity index (χ1v) is 7.79. The number of hydrogen-bond donors (Lipinski definition) is 0. The van der Waals surface area contributed by atoms with E-state index < -0.39 is 7.12 Å². The largest absolute Gasteiger partial charge is 0.632 e. The first kappa shape index (κ1) is 14.7. The van der Waals surface area contributed by atoms with Gasteiger partial charge in [-0.05, 0) is 36.4 Å². The minimum absolute atomic E-state index is 0.502. The summed E-state index contributed by atoms with van der Waals surface area (Å²) in [5, 5.41) is 0. The molecule has 0 fully saturated rings. The zero-order chi connectivity index (χ0) is 15.2. The Kier molecular flexibility index (Phi) is 4.81. The summed E-state index contributed by atoms with van der Waals surface area (Å²) in [5.41, 5.74) is 0.955. The van der Waals surface area contributed by atoms with Gasteiger partial charge in [0.2, 0.25) is 0 Å². The predicted molar refractivity (Wildman–Crippen MR) is 93.7 cm³/mol. The van der Waals surface area contributed by atoms with E-state index in [-0.39, 0.29) is 0 Å². The topological polar surface area (TPSA) is 18.5 Å². The standard InChI is InChI=1S/C18H14BBrO2/c20-16-13-11-15(12-14-16)19(21-17-7-3-1-4-8-17)22-18-9-5-2-6-10-18/h1-14H. The van der Waals surface area contributed by atoms with Gasteiger partial charge in [-0.25, -0.2) is 0 Å². The molecule has 4 heteroatoms. The van der Waals surface area contributed by atoms with Crippen LogP contribution in [0.3, 0.4) is 0 Å². The van der Waals surface area contributed by atoms with Crippen LogP contribution < -0.4 is 14.8 Å². The molecule has 3 aromatic carbocycles. The molecule has 0 saturated heterocycles. The number of para-hydroxylation sites is 2. The summed E-state index contributed by atoms with van der Waals surface area (Å²) in [6, 6.07) is 27.3. The third-order valence-electron chi connectivity index (χ3n) is 3.11. The van der Waals surface area contributed by atoms with E-state index in [0.717, 1.165) is 21.4 Å². The molecule has 0 aliphatic rings. The van der Waals surface area contributed by atoms with Crippen molar-refractivity contribution < 1.29 is 9.31 Å². The molecule has 22 heavy (non-hydrogen) atoms. The average molecular weight is 353 g/mol. The second-order valence-corrected chi connectivity index (χ2v) is 5.66. The van der Waals surface area contributed by atoms with Gasteiger partial charge in [0.1, 0.15) is 11.5 Å². The van der Waals surface area contributed by atoms with Crippen molar-refractivity contribution in [1.29, 1.82) is 0 Å². The monoisotopic (exact) mass is 352 g/mol. The van der Waals surface area contributed by atoms with Crippen LogP contribution in [0.2, 0.25) is 0 Å². The van der Waals surface area contributed by atoms with Crippen LogP contribution in [0, 0.1) is 0 Å². The molecule has 0 saturated carbocycles. The van der Waals surface area contributed by atoms with Crippen LogP contribution in [-0.2, 0) is 0 Å². The fraction of sp³-hybridized carbons (Fsp3) is 0. The Morgan fingerprint density at radius 2 is 1.05 bits per heavy atom. The molecular formula is C18H14BBrO2. The Morgan fingerprint density at radius 1 is 0.591 bits per heavy atom. The fourth-order valence-electron chi connectivity index (χ4n) is 2.03. The van der Waals surface area contributed by atoms with Crippen molar-refractivity contribution in [3.8, 4) is 11.5 Å². The van der Waals surface area contributed by atoms with Crippen molar-refractivity contribution in [1.82, 2.24) is 0 Å². The summed E-state index contributed by atoms with van der Waals surface area (Å²) in [5.74, 6) is 1.54. The highest BCUT2D eigenvalue weighted by molar-refractivity contribution is 9.10. The van der Waals surface area contributed by atoms with Crippen LogP contribution in [-0.4, -0.2) is 7.12 Å². The van der Waals surface area contributed by atoms with Gasteiger partial charge in [0, 0.05) is 9.94 Å². The zero-order valence-corrected chi connectivity index (χ0v) is 13.4. The Morgan fingerprint density at radius 3 is 1.50 bits per heavy atom. The van der Waals surface area contributed by atoms with E-state index in [0.29, 0.717) is 0 Å². The molecule has 0 aromatic heterocycles. The molecule has 0 heterocycles. The number of halogens is 1. The smallest absolute Gasteiger partial charge is 0.522 e.